The lowest BCUT2D eigenvalue weighted by molar-refractivity contribution is 0.333. The molecule has 0 bridgehead atoms. The van der Waals surface area contributed by atoms with Gasteiger partial charge in [-0.3, -0.25) is 4.98 Å². The number of sulfonamides is 1. The maximum atomic E-state index is 12.6. The summed E-state index contributed by atoms with van der Waals surface area (Å²) in [5.74, 6) is 0.507. The number of pyridine rings is 1. The van der Waals surface area contributed by atoms with Crippen molar-refractivity contribution in [2.75, 3.05) is 13.1 Å². The van der Waals surface area contributed by atoms with Gasteiger partial charge in [0.25, 0.3) is 0 Å². The monoisotopic (exact) mass is 304 g/mol. The van der Waals surface area contributed by atoms with E-state index in [-0.39, 0.29) is 21.8 Å². The normalized spacial score (nSPS) is 12.6. The Morgan fingerprint density at radius 3 is 2.16 bits per heavy atom. The van der Waals surface area contributed by atoms with Gasteiger partial charge in [0, 0.05) is 25.5 Å². The van der Waals surface area contributed by atoms with E-state index in [1.54, 1.807) is 0 Å². The van der Waals surface area contributed by atoms with Gasteiger partial charge < -0.3 is 0 Å². The van der Waals surface area contributed by atoms with Crippen LogP contribution in [0.5, 0.6) is 0 Å². The van der Waals surface area contributed by atoms with Gasteiger partial charge in [-0.15, -0.1) is 0 Å². The van der Waals surface area contributed by atoms with Crippen molar-refractivity contribution in [3.63, 3.8) is 0 Å². The highest BCUT2D eigenvalue weighted by Crippen LogP contribution is 2.24. The summed E-state index contributed by atoms with van der Waals surface area (Å²) < 4.78 is 26.7. The second kappa shape index (κ2) is 6.68. The largest absolute Gasteiger partial charge is 0.263 e. The van der Waals surface area contributed by atoms with Gasteiger partial charge in [-0.05, 0) is 17.9 Å². The number of halogens is 1. The number of hydrogen-bond acceptors (Lipinski definition) is 3. The standard InChI is InChI=1S/C13H21ClN2O2S/c1-10(2)8-16(9-11(3)4)19(17,18)13-7-15-6-5-12(13)14/h5-7,10-11H,8-9H2,1-4H3. The topological polar surface area (TPSA) is 50.3 Å². The molecule has 0 aliphatic heterocycles. The van der Waals surface area contributed by atoms with Crippen LogP contribution in [0.3, 0.4) is 0 Å². The van der Waals surface area contributed by atoms with Crippen LogP contribution in [0.4, 0.5) is 0 Å². The van der Waals surface area contributed by atoms with Crippen LogP contribution in [-0.2, 0) is 10.0 Å². The van der Waals surface area contributed by atoms with Gasteiger partial charge in [0.2, 0.25) is 10.0 Å². The number of hydrogen-bond donors (Lipinski definition) is 0. The van der Waals surface area contributed by atoms with E-state index < -0.39 is 10.0 Å². The van der Waals surface area contributed by atoms with Crippen molar-refractivity contribution < 1.29 is 8.42 Å². The Kier molecular flexibility index (Phi) is 5.77. The van der Waals surface area contributed by atoms with Crippen molar-refractivity contribution in [2.24, 2.45) is 11.8 Å². The van der Waals surface area contributed by atoms with Crippen molar-refractivity contribution >= 4 is 21.6 Å². The zero-order chi connectivity index (χ0) is 14.6. The summed E-state index contributed by atoms with van der Waals surface area (Å²) in [4.78, 5) is 3.94. The molecule has 1 aromatic rings. The Hall–Kier alpha value is -0.650. The molecule has 0 saturated carbocycles. The second-order valence-corrected chi connectivity index (χ2v) is 7.73. The molecule has 0 atom stereocenters. The fraction of sp³-hybridized carbons (Fsp3) is 0.615. The third kappa shape index (κ3) is 4.44. The molecule has 19 heavy (non-hydrogen) atoms. The van der Waals surface area contributed by atoms with Crippen LogP contribution in [0.25, 0.3) is 0 Å². The summed E-state index contributed by atoms with van der Waals surface area (Å²) in [5.41, 5.74) is 0. The third-order valence-corrected chi connectivity index (χ3v) is 4.79. The second-order valence-electron chi connectivity index (χ2n) is 5.42. The molecular formula is C13H21ClN2O2S. The van der Waals surface area contributed by atoms with Crippen molar-refractivity contribution in [1.29, 1.82) is 0 Å². The summed E-state index contributed by atoms with van der Waals surface area (Å²) >= 11 is 5.98. The Morgan fingerprint density at radius 2 is 1.74 bits per heavy atom. The van der Waals surface area contributed by atoms with E-state index in [0.717, 1.165) is 0 Å². The summed E-state index contributed by atoms with van der Waals surface area (Å²) in [7, 11) is -3.58. The van der Waals surface area contributed by atoms with Crippen LogP contribution in [0.15, 0.2) is 23.4 Å². The van der Waals surface area contributed by atoms with Gasteiger partial charge in [0.15, 0.2) is 0 Å². The van der Waals surface area contributed by atoms with Crippen LogP contribution in [0, 0.1) is 11.8 Å². The summed E-state index contributed by atoms with van der Waals surface area (Å²) in [6.07, 6.45) is 2.79. The van der Waals surface area contributed by atoms with E-state index in [0.29, 0.717) is 13.1 Å². The van der Waals surface area contributed by atoms with E-state index in [9.17, 15) is 8.42 Å². The first kappa shape index (κ1) is 16.4. The molecule has 0 amide bonds. The fourth-order valence-electron chi connectivity index (χ4n) is 1.78. The molecule has 0 aliphatic rings. The lowest BCUT2D eigenvalue weighted by atomic mass is 10.2. The third-order valence-electron chi connectivity index (χ3n) is 2.49. The molecular weight excluding hydrogens is 284 g/mol. The molecule has 1 heterocycles. The molecule has 1 rings (SSSR count). The van der Waals surface area contributed by atoms with Gasteiger partial charge >= 0.3 is 0 Å². The highest BCUT2D eigenvalue weighted by Gasteiger charge is 2.27. The quantitative estimate of drug-likeness (QED) is 0.811. The zero-order valence-corrected chi connectivity index (χ0v) is 13.4. The maximum Gasteiger partial charge on any atom is 0.246 e. The van der Waals surface area contributed by atoms with Gasteiger partial charge in [-0.25, -0.2) is 8.42 Å². The Morgan fingerprint density at radius 1 is 1.21 bits per heavy atom. The van der Waals surface area contributed by atoms with Crippen LogP contribution < -0.4 is 0 Å². The number of aromatic nitrogens is 1. The lowest BCUT2D eigenvalue weighted by Crippen LogP contribution is -2.37. The molecule has 108 valence electrons. The minimum Gasteiger partial charge on any atom is -0.263 e. The lowest BCUT2D eigenvalue weighted by Gasteiger charge is -2.25. The molecule has 0 N–H and O–H groups in total. The smallest absolute Gasteiger partial charge is 0.246 e. The fourth-order valence-corrected chi connectivity index (χ4v) is 3.95. The van der Waals surface area contributed by atoms with Crippen LogP contribution in [-0.4, -0.2) is 30.8 Å². The molecule has 0 radical (unpaired) electrons. The van der Waals surface area contributed by atoms with E-state index in [4.69, 9.17) is 11.6 Å². The predicted molar refractivity (Wildman–Crippen MR) is 77.7 cm³/mol. The maximum absolute atomic E-state index is 12.6. The molecule has 0 fully saturated rings. The van der Waals surface area contributed by atoms with Crippen LogP contribution in [0.1, 0.15) is 27.7 Å². The van der Waals surface area contributed by atoms with Gasteiger partial charge in [0.05, 0.1) is 5.02 Å². The average Bonchev–Trinajstić information content (AvgIpc) is 2.27. The first-order valence-corrected chi connectivity index (χ1v) is 8.16. The summed E-state index contributed by atoms with van der Waals surface area (Å²) in [5, 5.41) is 0.215. The van der Waals surface area contributed by atoms with E-state index >= 15 is 0 Å². The minimum absolute atomic E-state index is 0.0815. The first-order valence-electron chi connectivity index (χ1n) is 6.34. The molecule has 6 heteroatoms. The van der Waals surface area contributed by atoms with E-state index in [1.165, 1.54) is 22.8 Å². The van der Waals surface area contributed by atoms with E-state index in [1.807, 2.05) is 27.7 Å². The van der Waals surface area contributed by atoms with Gasteiger partial charge in [0.1, 0.15) is 4.90 Å². The van der Waals surface area contributed by atoms with Gasteiger partial charge in [-0.1, -0.05) is 39.3 Å². The molecule has 0 aromatic carbocycles. The Bertz CT molecular complexity index is 505. The predicted octanol–water partition coefficient (Wildman–Crippen LogP) is 3.04. The molecule has 0 spiro atoms. The first-order chi connectivity index (χ1) is 8.75. The van der Waals surface area contributed by atoms with Crippen molar-refractivity contribution in [2.45, 2.75) is 32.6 Å². The molecule has 1 aromatic heterocycles. The highest BCUT2D eigenvalue weighted by molar-refractivity contribution is 7.89. The average molecular weight is 305 g/mol. The molecule has 0 saturated heterocycles. The number of rotatable bonds is 6. The number of nitrogens with zero attached hydrogens (tertiary/aromatic N) is 2. The van der Waals surface area contributed by atoms with Crippen molar-refractivity contribution in [3.05, 3.63) is 23.5 Å². The van der Waals surface area contributed by atoms with Crippen molar-refractivity contribution in [3.8, 4) is 0 Å². The Labute approximate surface area is 120 Å². The van der Waals surface area contributed by atoms with Crippen LogP contribution in [0.2, 0.25) is 5.02 Å². The highest BCUT2D eigenvalue weighted by atomic mass is 35.5. The van der Waals surface area contributed by atoms with Crippen LogP contribution >= 0.6 is 11.6 Å². The molecule has 0 aliphatic carbocycles. The van der Waals surface area contributed by atoms with E-state index in [2.05, 4.69) is 4.98 Å². The Balaban J connectivity index is 3.16. The minimum atomic E-state index is -3.58. The zero-order valence-electron chi connectivity index (χ0n) is 11.8. The van der Waals surface area contributed by atoms with Gasteiger partial charge in [-0.2, -0.15) is 4.31 Å². The SMILES string of the molecule is CC(C)CN(CC(C)C)S(=O)(=O)c1cnccc1Cl. The van der Waals surface area contributed by atoms with Crippen molar-refractivity contribution in [1.82, 2.24) is 9.29 Å². The summed E-state index contributed by atoms with van der Waals surface area (Å²) in [6, 6.07) is 1.50. The summed E-state index contributed by atoms with van der Waals surface area (Å²) in [6.45, 7) is 8.93. The molecule has 4 nitrogen and oxygen atoms in total. The molecule has 0 unspecified atom stereocenters.